The Balaban J connectivity index is 2.27. The molecule has 1 fully saturated rings. The van der Waals surface area contributed by atoms with Gasteiger partial charge >= 0.3 is 0 Å². The predicted octanol–water partition coefficient (Wildman–Crippen LogP) is 1.22. The molecule has 1 heterocycles. The van der Waals surface area contributed by atoms with Crippen LogP contribution in [0.2, 0.25) is 0 Å². The maximum absolute atomic E-state index is 12.2. The highest BCUT2D eigenvalue weighted by Crippen LogP contribution is 2.24. The predicted molar refractivity (Wildman–Crippen MR) is 61.9 cm³/mol. The van der Waals surface area contributed by atoms with Crippen molar-refractivity contribution in [1.29, 1.82) is 0 Å². The summed E-state index contributed by atoms with van der Waals surface area (Å²) in [5.74, 6) is 0. The van der Waals surface area contributed by atoms with Crippen molar-refractivity contribution in [3.63, 3.8) is 0 Å². The van der Waals surface area contributed by atoms with Gasteiger partial charge < -0.3 is 10.5 Å². The number of hydrogen-bond donors (Lipinski definition) is 1. The summed E-state index contributed by atoms with van der Waals surface area (Å²) in [7, 11) is -3.21. The lowest BCUT2D eigenvalue weighted by Crippen LogP contribution is -2.28. The van der Waals surface area contributed by atoms with E-state index in [0.717, 1.165) is 0 Å². The number of hydrogen-bond acceptors (Lipinski definition) is 4. The van der Waals surface area contributed by atoms with Crippen LogP contribution in [0.15, 0.2) is 29.2 Å². The van der Waals surface area contributed by atoms with Crippen LogP contribution in [0.3, 0.4) is 0 Å². The molecule has 0 spiro atoms. The fourth-order valence-corrected chi connectivity index (χ4v) is 3.55. The summed E-state index contributed by atoms with van der Waals surface area (Å²) in [6.07, 6.45) is 1.15. The first kappa shape index (κ1) is 11.4. The number of anilines is 1. The Morgan fingerprint density at radius 3 is 2.25 bits per heavy atom. The fourth-order valence-electron chi connectivity index (χ4n) is 1.84. The molecule has 1 saturated heterocycles. The van der Waals surface area contributed by atoms with Crippen LogP contribution in [0.4, 0.5) is 5.69 Å². The standard InChI is InChI=1S/C11H15NO3S/c12-9-1-3-10(4-2-9)16(13,14)11-5-7-15-8-6-11/h1-4,11H,5-8,12H2. The van der Waals surface area contributed by atoms with E-state index in [4.69, 9.17) is 10.5 Å². The summed E-state index contributed by atoms with van der Waals surface area (Å²) in [5.41, 5.74) is 6.11. The third-order valence-electron chi connectivity index (χ3n) is 2.82. The summed E-state index contributed by atoms with van der Waals surface area (Å²) in [6.45, 7) is 1.05. The Hall–Kier alpha value is -1.07. The van der Waals surface area contributed by atoms with Crippen LogP contribution in [0.1, 0.15) is 12.8 Å². The van der Waals surface area contributed by atoms with Gasteiger partial charge in [0.15, 0.2) is 9.84 Å². The quantitative estimate of drug-likeness (QED) is 0.790. The number of benzene rings is 1. The van der Waals surface area contributed by atoms with Crippen LogP contribution in [-0.4, -0.2) is 26.9 Å². The molecule has 0 aliphatic carbocycles. The highest BCUT2D eigenvalue weighted by molar-refractivity contribution is 7.92. The first-order valence-electron chi connectivity index (χ1n) is 5.28. The summed E-state index contributed by atoms with van der Waals surface area (Å²) < 4.78 is 29.6. The van der Waals surface area contributed by atoms with Crippen LogP contribution in [0, 0.1) is 0 Å². The zero-order valence-corrected chi connectivity index (χ0v) is 9.74. The van der Waals surface area contributed by atoms with Gasteiger partial charge in [-0.1, -0.05) is 0 Å². The van der Waals surface area contributed by atoms with Crippen LogP contribution in [0.25, 0.3) is 0 Å². The third kappa shape index (κ3) is 2.20. The normalized spacial score (nSPS) is 18.5. The Morgan fingerprint density at radius 2 is 1.69 bits per heavy atom. The molecule has 16 heavy (non-hydrogen) atoms. The SMILES string of the molecule is Nc1ccc(S(=O)(=O)C2CCOCC2)cc1. The minimum atomic E-state index is -3.21. The fraction of sp³-hybridized carbons (Fsp3) is 0.455. The van der Waals surface area contributed by atoms with Crippen LogP contribution in [0.5, 0.6) is 0 Å². The van der Waals surface area contributed by atoms with Crippen LogP contribution < -0.4 is 5.73 Å². The average molecular weight is 241 g/mol. The minimum absolute atomic E-state index is 0.315. The monoisotopic (exact) mass is 241 g/mol. The van der Waals surface area contributed by atoms with Crippen molar-refractivity contribution >= 4 is 15.5 Å². The van der Waals surface area contributed by atoms with E-state index in [1.54, 1.807) is 24.3 Å². The van der Waals surface area contributed by atoms with E-state index in [0.29, 0.717) is 36.6 Å². The molecule has 1 aromatic carbocycles. The number of nitrogens with two attached hydrogens (primary N) is 1. The molecule has 2 rings (SSSR count). The first-order valence-corrected chi connectivity index (χ1v) is 6.82. The molecule has 0 atom stereocenters. The molecule has 0 amide bonds. The number of nitrogen functional groups attached to an aromatic ring is 1. The molecule has 0 aromatic heterocycles. The Bertz CT molecular complexity index is 447. The average Bonchev–Trinajstić information content (AvgIpc) is 2.31. The topological polar surface area (TPSA) is 69.4 Å². The number of rotatable bonds is 2. The van der Waals surface area contributed by atoms with E-state index in [2.05, 4.69) is 0 Å². The summed E-state index contributed by atoms with van der Waals surface area (Å²) in [6, 6.07) is 6.37. The molecule has 0 unspecified atom stereocenters. The molecule has 0 bridgehead atoms. The molecule has 1 aliphatic heterocycles. The molecule has 4 nitrogen and oxygen atoms in total. The van der Waals surface area contributed by atoms with Gasteiger partial charge in [-0.15, -0.1) is 0 Å². The van der Waals surface area contributed by atoms with Crippen molar-refractivity contribution in [2.45, 2.75) is 23.0 Å². The van der Waals surface area contributed by atoms with Gasteiger partial charge in [-0.2, -0.15) is 0 Å². The zero-order valence-electron chi connectivity index (χ0n) is 8.93. The molecule has 1 aliphatic rings. The summed E-state index contributed by atoms with van der Waals surface area (Å²) in [5, 5.41) is -0.315. The minimum Gasteiger partial charge on any atom is -0.399 e. The largest absolute Gasteiger partial charge is 0.399 e. The Labute approximate surface area is 95.3 Å². The van der Waals surface area contributed by atoms with Gasteiger partial charge in [0.2, 0.25) is 0 Å². The van der Waals surface area contributed by atoms with Crippen molar-refractivity contribution < 1.29 is 13.2 Å². The molecule has 2 N–H and O–H groups in total. The van der Waals surface area contributed by atoms with E-state index in [1.807, 2.05) is 0 Å². The van der Waals surface area contributed by atoms with Crippen LogP contribution in [-0.2, 0) is 14.6 Å². The second-order valence-corrected chi connectivity index (χ2v) is 6.15. The van der Waals surface area contributed by atoms with Crippen molar-refractivity contribution in [3.05, 3.63) is 24.3 Å². The van der Waals surface area contributed by atoms with Gasteiger partial charge in [-0.3, -0.25) is 0 Å². The van der Waals surface area contributed by atoms with Gasteiger partial charge in [0.05, 0.1) is 10.1 Å². The second kappa shape index (κ2) is 4.43. The molecule has 5 heteroatoms. The first-order chi connectivity index (χ1) is 7.60. The van der Waals surface area contributed by atoms with E-state index in [9.17, 15) is 8.42 Å². The molecule has 1 aromatic rings. The van der Waals surface area contributed by atoms with Crippen molar-refractivity contribution in [2.24, 2.45) is 0 Å². The van der Waals surface area contributed by atoms with E-state index in [1.165, 1.54) is 0 Å². The van der Waals surface area contributed by atoms with E-state index < -0.39 is 9.84 Å². The summed E-state index contributed by atoms with van der Waals surface area (Å²) >= 11 is 0. The van der Waals surface area contributed by atoms with E-state index >= 15 is 0 Å². The lowest BCUT2D eigenvalue weighted by molar-refractivity contribution is 0.0983. The van der Waals surface area contributed by atoms with Gasteiger partial charge in [0.25, 0.3) is 0 Å². The van der Waals surface area contributed by atoms with Crippen molar-refractivity contribution in [1.82, 2.24) is 0 Å². The van der Waals surface area contributed by atoms with Gasteiger partial charge in [0, 0.05) is 18.9 Å². The highest BCUT2D eigenvalue weighted by atomic mass is 32.2. The number of ether oxygens (including phenoxy) is 1. The zero-order chi connectivity index (χ0) is 11.6. The van der Waals surface area contributed by atoms with Gasteiger partial charge in [-0.05, 0) is 37.1 Å². The molecule has 88 valence electrons. The van der Waals surface area contributed by atoms with Gasteiger partial charge in [0.1, 0.15) is 0 Å². The van der Waals surface area contributed by atoms with Crippen molar-refractivity contribution in [2.75, 3.05) is 18.9 Å². The molecule has 0 radical (unpaired) electrons. The highest BCUT2D eigenvalue weighted by Gasteiger charge is 2.29. The third-order valence-corrected chi connectivity index (χ3v) is 5.09. The molecule has 0 saturated carbocycles. The summed E-state index contributed by atoms with van der Waals surface area (Å²) in [4.78, 5) is 0.355. The molecular weight excluding hydrogens is 226 g/mol. The smallest absolute Gasteiger partial charge is 0.181 e. The second-order valence-electron chi connectivity index (χ2n) is 3.93. The maximum atomic E-state index is 12.2. The maximum Gasteiger partial charge on any atom is 0.181 e. The van der Waals surface area contributed by atoms with Gasteiger partial charge in [-0.25, -0.2) is 8.42 Å². The lowest BCUT2D eigenvalue weighted by atomic mass is 10.2. The molecular formula is C11H15NO3S. The van der Waals surface area contributed by atoms with Crippen molar-refractivity contribution in [3.8, 4) is 0 Å². The Kier molecular flexibility index (Phi) is 3.16. The van der Waals surface area contributed by atoms with E-state index in [-0.39, 0.29) is 5.25 Å². The number of sulfone groups is 1. The van der Waals surface area contributed by atoms with Crippen LogP contribution >= 0.6 is 0 Å². The Morgan fingerprint density at radius 1 is 1.12 bits per heavy atom. The lowest BCUT2D eigenvalue weighted by Gasteiger charge is -2.22.